The second-order valence-electron chi connectivity index (χ2n) is 6.08. The molecule has 0 unspecified atom stereocenters. The molecule has 0 bridgehead atoms. The summed E-state index contributed by atoms with van der Waals surface area (Å²) < 4.78 is 13.5. The molecule has 0 aromatic heterocycles. The van der Waals surface area contributed by atoms with Gasteiger partial charge in [0, 0.05) is 18.9 Å². The van der Waals surface area contributed by atoms with Crippen LogP contribution in [0.1, 0.15) is 55.3 Å². The number of hydrogen-bond acceptors (Lipinski definition) is 3. The summed E-state index contributed by atoms with van der Waals surface area (Å²) in [6.45, 7) is -0.0940. The van der Waals surface area contributed by atoms with E-state index in [4.69, 9.17) is 0 Å². The number of hydrogen-bond donors (Lipinski definition) is 2. The van der Waals surface area contributed by atoms with Crippen molar-refractivity contribution in [2.75, 3.05) is 6.54 Å². The Morgan fingerprint density at radius 3 is 2.42 bits per heavy atom. The van der Waals surface area contributed by atoms with Crippen molar-refractivity contribution in [2.45, 2.75) is 51.0 Å². The van der Waals surface area contributed by atoms with Gasteiger partial charge in [-0.3, -0.25) is 14.4 Å². The van der Waals surface area contributed by atoms with Crippen LogP contribution in [0.4, 0.5) is 4.39 Å². The Morgan fingerprint density at radius 2 is 1.71 bits per heavy atom. The van der Waals surface area contributed by atoms with E-state index in [1.54, 1.807) is 6.07 Å². The molecule has 1 fully saturated rings. The van der Waals surface area contributed by atoms with Crippen molar-refractivity contribution in [2.24, 2.45) is 0 Å². The van der Waals surface area contributed by atoms with Gasteiger partial charge in [-0.05, 0) is 25.0 Å². The zero-order valence-corrected chi connectivity index (χ0v) is 13.6. The molecular formula is C18H23FN2O3. The van der Waals surface area contributed by atoms with Gasteiger partial charge in [0.1, 0.15) is 5.82 Å². The van der Waals surface area contributed by atoms with Crippen molar-refractivity contribution in [3.63, 3.8) is 0 Å². The van der Waals surface area contributed by atoms with Crippen LogP contribution < -0.4 is 10.6 Å². The highest BCUT2D eigenvalue weighted by molar-refractivity contribution is 5.98. The molecule has 0 heterocycles. The Hall–Kier alpha value is -2.24. The highest BCUT2D eigenvalue weighted by Crippen LogP contribution is 2.17. The maximum absolute atomic E-state index is 13.5. The van der Waals surface area contributed by atoms with E-state index in [0.29, 0.717) is 0 Å². The van der Waals surface area contributed by atoms with Gasteiger partial charge in [0.15, 0.2) is 5.78 Å². The smallest absolute Gasteiger partial charge is 0.239 e. The topological polar surface area (TPSA) is 75.3 Å². The lowest BCUT2D eigenvalue weighted by atomic mass is 9.95. The summed E-state index contributed by atoms with van der Waals surface area (Å²) >= 11 is 0. The normalized spacial score (nSPS) is 14.9. The summed E-state index contributed by atoms with van der Waals surface area (Å²) in [7, 11) is 0. The van der Waals surface area contributed by atoms with E-state index < -0.39 is 17.5 Å². The standard InChI is InChI=1S/C18H23FN2O3/c19-15-9-5-4-8-14(15)16(22)10-11-17(23)20-12-18(24)21-13-6-2-1-3-7-13/h4-5,8-9,13H,1-3,6-7,10-12H2,(H,20,23)(H,21,24). The monoisotopic (exact) mass is 334 g/mol. The van der Waals surface area contributed by atoms with E-state index in [2.05, 4.69) is 10.6 Å². The molecule has 0 atom stereocenters. The van der Waals surface area contributed by atoms with Crippen molar-refractivity contribution >= 4 is 17.6 Å². The van der Waals surface area contributed by atoms with E-state index >= 15 is 0 Å². The molecule has 1 aliphatic rings. The molecule has 0 radical (unpaired) electrons. The van der Waals surface area contributed by atoms with Crippen LogP contribution in [-0.4, -0.2) is 30.2 Å². The molecule has 2 N–H and O–H groups in total. The fourth-order valence-electron chi connectivity index (χ4n) is 2.84. The first-order chi connectivity index (χ1) is 11.6. The van der Waals surface area contributed by atoms with E-state index in [-0.39, 0.29) is 36.9 Å². The van der Waals surface area contributed by atoms with Crippen molar-refractivity contribution in [1.82, 2.24) is 10.6 Å². The Kier molecular flexibility index (Phi) is 6.90. The third-order valence-electron chi connectivity index (χ3n) is 4.17. The molecule has 0 saturated heterocycles. The lowest BCUT2D eigenvalue weighted by Crippen LogP contribution is -2.42. The largest absolute Gasteiger partial charge is 0.352 e. The summed E-state index contributed by atoms with van der Waals surface area (Å²) in [6.07, 6.45) is 5.26. The highest BCUT2D eigenvalue weighted by atomic mass is 19.1. The molecule has 1 aromatic rings. The quantitative estimate of drug-likeness (QED) is 0.752. The first-order valence-corrected chi connectivity index (χ1v) is 8.40. The van der Waals surface area contributed by atoms with E-state index in [9.17, 15) is 18.8 Å². The minimum Gasteiger partial charge on any atom is -0.352 e. The van der Waals surface area contributed by atoms with Gasteiger partial charge in [0.2, 0.25) is 11.8 Å². The van der Waals surface area contributed by atoms with Crippen LogP contribution in [0.15, 0.2) is 24.3 Å². The van der Waals surface area contributed by atoms with Crippen molar-refractivity contribution in [3.05, 3.63) is 35.6 Å². The SMILES string of the molecule is O=C(CCC(=O)c1ccccc1F)NCC(=O)NC1CCCCC1. The van der Waals surface area contributed by atoms with Gasteiger partial charge in [0.25, 0.3) is 0 Å². The molecule has 1 saturated carbocycles. The van der Waals surface area contributed by atoms with Crippen LogP contribution in [0.25, 0.3) is 0 Å². The molecule has 2 amide bonds. The van der Waals surface area contributed by atoms with E-state index in [1.165, 1.54) is 24.6 Å². The van der Waals surface area contributed by atoms with Gasteiger partial charge in [-0.2, -0.15) is 0 Å². The maximum atomic E-state index is 13.5. The number of benzene rings is 1. The number of ketones is 1. The lowest BCUT2D eigenvalue weighted by molar-refractivity contribution is -0.126. The van der Waals surface area contributed by atoms with Crippen molar-refractivity contribution in [3.8, 4) is 0 Å². The van der Waals surface area contributed by atoms with Crippen LogP contribution >= 0.6 is 0 Å². The minimum atomic E-state index is -0.588. The Labute approximate surface area is 141 Å². The second-order valence-corrected chi connectivity index (χ2v) is 6.08. The van der Waals surface area contributed by atoms with E-state index in [0.717, 1.165) is 25.7 Å². The summed E-state index contributed by atoms with van der Waals surface area (Å²) in [5.41, 5.74) is -0.0136. The molecule has 130 valence electrons. The van der Waals surface area contributed by atoms with Gasteiger partial charge in [-0.1, -0.05) is 31.4 Å². The molecule has 0 aliphatic heterocycles. The molecule has 6 heteroatoms. The van der Waals surface area contributed by atoms with Gasteiger partial charge in [-0.25, -0.2) is 4.39 Å². The number of halogens is 1. The Balaban J connectivity index is 1.66. The molecule has 24 heavy (non-hydrogen) atoms. The maximum Gasteiger partial charge on any atom is 0.239 e. The Morgan fingerprint density at radius 1 is 1.00 bits per heavy atom. The average molecular weight is 334 g/mol. The molecule has 0 spiro atoms. The first kappa shape index (κ1) is 18.1. The lowest BCUT2D eigenvalue weighted by Gasteiger charge is -2.22. The summed E-state index contributed by atoms with van der Waals surface area (Å²) in [4.78, 5) is 35.4. The number of carbonyl (C=O) groups is 3. The number of rotatable bonds is 7. The molecule has 2 rings (SSSR count). The third-order valence-corrected chi connectivity index (χ3v) is 4.17. The summed E-state index contributed by atoms with van der Waals surface area (Å²) in [5.74, 6) is -1.61. The van der Waals surface area contributed by atoms with Crippen LogP contribution in [0.3, 0.4) is 0 Å². The number of amides is 2. The summed E-state index contributed by atoms with van der Waals surface area (Å²) in [6, 6.07) is 5.89. The van der Waals surface area contributed by atoms with Gasteiger partial charge in [0.05, 0.1) is 12.1 Å². The fourth-order valence-corrected chi connectivity index (χ4v) is 2.84. The third kappa shape index (κ3) is 5.76. The molecule has 1 aliphatic carbocycles. The van der Waals surface area contributed by atoms with Crippen molar-refractivity contribution < 1.29 is 18.8 Å². The van der Waals surface area contributed by atoms with Gasteiger partial charge < -0.3 is 10.6 Å². The number of carbonyl (C=O) groups excluding carboxylic acids is 3. The highest BCUT2D eigenvalue weighted by Gasteiger charge is 2.16. The van der Waals surface area contributed by atoms with E-state index in [1.807, 2.05) is 0 Å². The second kappa shape index (κ2) is 9.15. The zero-order chi connectivity index (χ0) is 17.4. The Bertz CT molecular complexity index is 598. The minimum absolute atomic E-state index is 0.0136. The summed E-state index contributed by atoms with van der Waals surface area (Å²) in [5, 5.41) is 5.40. The van der Waals surface area contributed by atoms with Crippen LogP contribution in [0.2, 0.25) is 0 Å². The average Bonchev–Trinajstić information content (AvgIpc) is 2.59. The van der Waals surface area contributed by atoms with Gasteiger partial charge in [-0.15, -0.1) is 0 Å². The van der Waals surface area contributed by atoms with Gasteiger partial charge >= 0.3 is 0 Å². The van der Waals surface area contributed by atoms with Crippen LogP contribution in [0.5, 0.6) is 0 Å². The van der Waals surface area contributed by atoms with Crippen LogP contribution in [0, 0.1) is 5.82 Å². The number of Topliss-reactive ketones (excluding diaryl/α,β-unsaturated/α-hetero) is 1. The molecular weight excluding hydrogens is 311 g/mol. The fraction of sp³-hybridized carbons (Fsp3) is 0.500. The predicted octanol–water partition coefficient (Wildman–Crippen LogP) is 2.35. The number of nitrogens with one attached hydrogen (secondary N) is 2. The molecule has 5 nitrogen and oxygen atoms in total. The zero-order valence-electron chi connectivity index (χ0n) is 13.6. The van der Waals surface area contributed by atoms with Crippen molar-refractivity contribution in [1.29, 1.82) is 0 Å². The predicted molar refractivity (Wildman–Crippen MR) is 88.0 cm³/mol. The van der Waals surface area contributed by atoms with Crippen LogP contribution in [-0.2, 0) is 9.59 Å². The first-order valence-electron chi connectivity index (χ1n) is 8.40. The molecule has 1 aromatic carbocycles.